The third-order valence-electron chi connectivity index (χ3n) is 1.69. The highest BCUT2D eigenvalue weighted by Crippen LogP contribution is 1.99. The standard InChI is InChI=1S/C9H13N3O2/c13-9(14)3-1-2-4-11-8-7-10-5-6-12-8/h5-7H,1-4H2,(H,11,12)(H,13,14). The second-order valence-electron chi connectivity index (χ2n) is 2.87. The van der Waals surface area contributed by atoms with Crippen molar-refractivity contribution in [1.82, 2.24) is 9.97 Å². The first-order valence-electron chi connectivity index (χ1n) is 4.51. The van der Waals surface area contributed by atoms with Crippen molar-refractivity contribution in [3.63, 3.8) is 0 Å². The van der Waals surface area contributed by atoms with Gasteiger partial charge in [-0.1, -0.05) is 0 Å². The van der Waals surface area contributed by atoms with E-state index in [1.807, 2.05) is 0 Å². The third-order valence-corrected chi connectivity index (χ3v) is 1.69. The van der Waals surface area contributed by atoms with Gasteiger partial charge in [-0.25, -0.2) is 4.98 Å². The molecule has 0 aliphatic heterocycles. The van der Waals surface area contributed by atoms with E-state index in [0.29, 0.717) is 6.42 Å². The maximum Gasteiger partial charge on any atom is 0.303 e. The zero-order valence-corrected chi connectivity index (χ0v) is 7.81. The number of nitrogens with one attached hydrogen (secondary N) is 1. The minimum atomic E-state index is -0.746. The van der Waals surface area contributed by atoms with Gasteiger partial charge in [-0.3, -0.25) is 9.78 Å². The molecule has 0 aliphatic carbocycles. The number of aliphatic carboxylic acids is 1. The van der Waals surface area contributed by atoms with Crippen LogP contribution in [-0.2, 0) is 4.79 Å². The van der Waals surface area contributed by atoms with E-state index in [1.54, 1.807) is 18.6 Å². The van der Waals surface area contributed by atoms with Crippen molar-refractivity contribution < 1.29 is 9.90 Å². The molecule has 0 spiro atoms. The predicted molar refractivity (Wildman–Crippen MR) is 52.0 cm³/mol. The third kappa shape index (κ3) is 4.39. The Hall–Kier alpha value is -1.65. The number of rotatable bonds is 6. The zero-order valence-electron chi connectivity index (χ0n) is 7.81. The summed E-state index contributed by atoms with van der Waals surface area (Å²) in [5, 5.41) is 11.4. The molecule has 5 heteroatoms. The summed E-state index contributed by atoms with van der Waals surface area (Å²) in [4.78, 5) is 18.1. The molecule has 0 radical (unpaired) electrons. The van der Waals surface area contributed by atoms with Gasteiger partial charge in [0.15, 0.2) is 0 Å². The normalized spacial score (nSPS) is 9.71. The lowest BCUT2D eigenvalue weighted by molar-refractivity contribution is -0.137. The van der Waals surface area contributed by atoms with Crippen molar-refractivity contribution in [3.8, 4) is 0 Å². The molecule has 2 N–H and O–H groups in total. The van der Waals surface area contributed by atoms with Gasteiger partial charge in [-0.05, 0) is 12.8 Å². The molecule has 1 rings (SSSR count). The molecule has 0 unspecified atom stereocenters. The SMILES string of the molecule is O=C(O)CCCCNc1cnccn1. The number of aromatic nitrogens is 2. The van der Waals surface area contributed by atoms with Crippen LogP contribution in [0.3, 0.4) is 0 Å². The molecule has 0 atom stereocenters. The van der Waals surface area contributed by atoms with Gasteiger partial charge >= 0.3 is 5.97 Å². The quantitative estimate of drug-likeness (QED) is 0.666. The van der Waals surface area contributed by atoms with Gasteiger partial charge in [-0.2, -0.15) is 0 Å². The van der Waals surface area contributed by atoms with Gasteiger partial charge in [0.05, 0.1) is 6.20 Å². The van der Waals surface area contributed by atoms with E-state index in [-0.39, 0.29) is 6.42 Å². The molecule has 14 heavy (non-hydrogen) atoms. The lowest BCUT2D eigenvalue weighted by Gasteiger charge is -2.02. The summed E-state index contributed by atoms with van der Waals surface area (Å²) in [6.07, 6.45) is 6.58. The number of anilines is 1. The summed E-state index contributed by atoms with van der Waals surface area (Å²) in [6.45, 7) is 0.728. The summed E-state index contributed by atoms with van der Waals surface area (Å²) in [5.41, 5.74) is 0. The Kier molecular flexibility index (Phi) is 4.40. The molecule has 1 heterocycles. The number of nitrogens with zero attached hydrogens (tertiary/aromatic N) is 2. The highest BCUT2D eigenvalue weighted by molar-refractivity contribution is 5.66. The fourth-order valence-electron chi connectivity index (χ4n) is 1.01. The first-order chi connectivity index (χ1) is 6.79. The van der Waals surface area contributed by atoms with E-state index in [0.717, 1.165) is 18.8 Å². The number of carboxylic acid groups (broad SMARTS) is 1. The molecule has 1 aromatic heterocycles. The Balaban J connectivity index is 2.08. The van der Waals surface area contributed by atoms with Crippen LogP contribution in [0.4, 0.5) is 5.82 Å². The highest BCUT2D eigenvalue weighted by atomic mass is 16.4. The molecule has 0 bridgehead atoms. The molecule has 0 saturated carbocycles. The maximum absolute atomic E-state index is 10.2. The minimum Gasteiger partial charge on any atom is -0.481 e. The van der Waals surface area contributed by atoms with Crippen LogP contribution in [0.2, 0.25) is 0 Å². The Morgan fingerprint density at radius 2 is 2.29 bits per heavy atom. The van der Waals surface area contributed by atoms with Crippen molar-refractivity contribution in [1.29, 1.82) is 0 Å². The summed E-state index contributed by atoms with van der Waals surface area (Å²) < 4.78 is 0. The Morgan fingerprint density at radius 1 is 1.43 bits per heavy atom. The number of unbranched alkanes of at least 4 members (excludes halogenated alkanes) is 1. The van der Waals surface area contributed by atoms with E-state index in [9.17, 15) is 4.79 Å². The molecule has 1 aromatic rings. The van der Waals surface area contributed by atoms with Gasteiger partial charge in [-0.15, -0.1) is 0 Å². The summed E-state index contributed by atoms with van der Waals surface area (Å²) in [6, 6.07) is 0. The first-order valence-corrected chi connectivity index (χ1v) is 4.51. The van der Waals surface area contributed by atoms with Crippen molar-refractivity contribution >= 4 is 11.8 Å². The van der Waals surface area contributed by atoms with Crippen LogP contribution >= 0.6 is 0 Å². The minimum absolute atomic E-state index is 0.224. The Labute approximate surface area is 82.2 Å². The summed E-state index contributed by atoms with van der Waals surface area (Å²) in [7, 11) is 0. The predicted octanol–water partition coefficient (Wildman–Crippen LogP) is 1.14. The zero-order chi connectivity index (χ0) is 10.2. The Morgan fingerprint density at radius 3 is 2.93 bits per heavy atom. The molecule has 0 fully saturated rings. The fourth-order valence-corrected chi connectivity index (χ4v) is 1.01. The van der Waals surface area contributed by atoms with E-state index >= 15 is 0 Å². The molecule has 5 nitrogen and oxygen atoms in total. The van der Waals surface area contributed by atoms with Crippen LogP contribution in [0.25, 0.3) is 0 Å². The van der Waals surface area contributed by atoms with Gasteiger partial charge in [0, 0.05) is 25.4 Å². The van der Waals surface area contributed by atoms with Crippen LogP contribution in [0.1, 0.15) is 19.3 Å². The fraction of sp³-hybridized carbons (Fsp3) is 0.444. The van der Waals surface area contributed by atoms with Crippen LogP contribution in [-0.4, -0.2) is 27.6 Å². The van der Waals surface area contributed by atoms with Crippen LogP contribution in [0, 0.1) is 0 Å². The average molecular weight is 195 g/mol. The summed E-state index contributed by atoms with van der Waals surface area (Å²) in [5.74, 6) is -0.0210. The van der Waals surface area contributed by atoms with E-state index in [1.165, 1.54) is 0 Å². The van der Waals surface area contributed by atoms with Crippen molar-refractivity contribution in [2.75, 3.05) is 11.9 Å². The first kappa shape index (κ1) is 10.4. The van der Waals surface area contributed by atoms with Crippen LogP contribution in [0.15, 0.2) is 18.6 Å². The highest BCUT2D eigenvalue weighted by Gasteiger charge is 1.96. The summed E-state index contributed by atoms with van der Waals surface area (Å²) >= 11 is 0. The maximum atomic E-state index is 10.2. The van der Waals surface area contributed by atoms with Gasteiger partial charge in [0.25, 0.3) is 0 Å². The number of hydrogen-bond donors (Lipinski definition) is 2. The lowest BCUT2D eigenvalue weighted by atomic mass is 10.2. The van der Waals surface area contributed by atoms with Gasteiger partial charge in [0.2, 0.25) is 0 Å². The monoisotopic (exact) mass is 195 g/mol. The van der Waals surface area contributed by atoms with Gasteiger partial charge < -0.3 is 10.4 Å². The molecule has 76 valence electrons. The molecule has 0 saturated heterocycles. The lowest BCUT2D eigenvalue weighted by Crippen LogP contribution is -2.04. The van der Waals surface area contributed by atoms with Crippen molar-refractivity contribution in [3.05, 3.63) is 18.6 Å². The largest absolute Gasteiger partial charge is 0.481 e. The average Bonchev–Trinajstić information content (AvgIpc) is 2.18. The molecule has 0 amide bonds. The van der Waals surface area contributed by atoms with Crippen LogP contribution in [0.5, 0.6) is 0 Å². The molecular weight excluding hydrogens is 182 g/mol. The molecule has 0 aromatic carbocycles. The van der Waals surface area contributed by atoms with E-state index < -0.39 is 5.97 Å². The molecular formula is C9H13N3O2. The number of carboxylic acids is 1. The van der Waals surface area contributed by atoms with Crippen LogP contribution < -0.4 is 5.32 Å². The topological polar surface area (TPSA) is 75.1 Å². The van der Waals surface area contributed by atoms with E-state index in [4.69, 9.17) is 5.11 Å². The van der Waals surface area contributed by atoms with Crippen molar-refractivity contribution in [2.45, 2.75) is 19.3 Å². The van der Waals surface area contributed by atoms with Gasteiger partial charge in [0.1, 0.15) is 5.82 Å². The van der Waals surface area contributed by atoms with E-state index in [2.05, 4.69) is 15.3 Å². The second kappa shape index (κ2) is 5.90. The number of carbonyl (C=O) groups is 1. The number of hydrogen-bond acceptors (Lipinski definition) is 4. The molecule has 0 aliphatic rings. The Bertz CT molecular complexity index is 277. The smallest absolute Gasteiger partial charge is 0.303 e. The van der Waals surface area contributed by atoms with Crippen molar-refractivity contribution in [2.24, 2.45) is 0 Å². The second-order valence-corrected chi connectivity index (χ2v) is 2.87.